The van der Waals surface area contributed by atoms with Gasteiger partial charge in [-0.1, -0.05) is 32.1 Å². The summed E-state index contributed by atoms with van der Waals surface area (Å²) in [7, 11) is 0. The van der Waals surface area contributed by atoms with Gasteiger partial charge < -0.3 is 29.9 Å². The van der Waals surface area contributed by atoms with Gasteiger partial charge in [-0.15, -0.1) is 0 Å². The smallest absolute Gasteiger partial charge is 0.433 e. The number of halogens is 17. The molecular weight excluding hydrogens is 758 g/mol. The zero-order chi connectivity index (χ0) is 38.7. The molecule has 5 atom stereocenters. The summed E-state index contributed by atoms with van der Waals surface area (Å²) < 4.78 is 235. The van der Waals surface area contributed by atoms with Crippen molar-refractivity contribution in [2.75, 3.05) is 0 Å². The first-order chi connectivity index (χ1) is 21.9. The molecule has 291 valence electrons. The zero-order valence-corrected chi connectivity index (χ0v) is 27.3. The van der Waals surface area contributed by atoms with E-state index < -0.39 is 104 Å². The molecule has 1 aliphatic rings. The first kappa shape index (κ1) is 48.8. The van der Waals surface area contributed by atoms with E-state index in [9.17, 15) is 99.9 Å². The zero-order valence-electron chi connectivity index (χ0n) is 25.3. The minimum absolute atomic E-state index is 0. The molecule has 0 unspecified atom stereocenters. The third-order valence-corrected chi connectivity index (χ3v) is 7.26. The maximum absolute atomic E-state index is 13.9. The molecule has 7 nitrogen and oxygen atoms in total. The molecule has 50 heavy (non-hydrogen) atoms. The number of hydrogen-bond donors (Lipinski definition) is 4. The number of hydrogen-bond acceptors (Lipinski definition) is 7. The van der Waals surface area contributed by atoms with Gasteiger partial charge in [-0.05, 0) is 25.3 Å². The quantitative estimate of drug-likeness (QED) is 0.0419. The van der Waals surface area contributed by atoms with Crippen molar-refractivity contribution < 1.29 is 109 Å². The molecule has 1 aliphatic heterocycles. The Bertz CT molecular complexity index is 1120. The second-order valence-corrected chi connectivity index (χ2v) is 10.9. The number of carbonyl (C=O) groups excluding carboxylic acids is 1. The van der Waals surface area contributed by atoms with E-state index in [0.717, 1.165) is 6.26 Å². The van der Waals surface area contributed by atoms with Crippen molar-refractivity contribution in [3.63, 3.8) is 0 Å². The number of unbranched alkanes of at least 4 members (excludes halogenated alkanes) is 7. The first-order valence-corrected chi connectivity index (χ1v) is 13.8. The van der Waals surface area contributed by atoms with E-state index in [0.29, 0.717) is 19.3 Å². The van der Waals surface area contributed by atoms with Gasteiger partial charge in [0.15, 0.2) is 12.4 Å². The molecule has 1 rings (SSSR count). The molecule has 0 saturated carbocycles. The van der Waals surface area contributed by atoms with Crippen molar-refractivity contribution in [1.29, 1.82) is 0 Å². The van der Waals surface area contributed by atoms with Crippen molar-refractivity contribution in [3.8, 4) is 0 Å². The number of aliphatic hydroxyl groups is 4. The molecule has 0 aromatic heterocycles. The fourth-order valence-electron chi connectivity index (χ4n) is 4.18. The standard InChI is InChI=1S/C25H29F17O7.Na/c26-18(27,19(28,29)20(30,31)21(32,33)22(34,35)23(36,37)24(38,39)25(40,41)42)10-8-6-4-2-1-3-5-7-9-11-48-16(46)14(45)15-12(43)13(44)17(47)49-15;/h9,11-15,17,43-45,47H,1-8,10H2;/t12-,13-,14+,15+,17-;/m1./s1. The first-order valence-electron chi connectivity index (χ1n) is 13.8. The fraction of sp³-hybridized carbons (Fsp3) is 0.880. The van der Waals surface area contributed by atoms with Crippen LogP contribution in [-0.2, 0) is 14.3 Å². The van der Waals surface area contributed by atoms with Crippen molar-refractivity contribution in [2.45, 2.75) is 136 Å². The van der Waals surface area contributed by atoms with Crippen molar-refractivity contribution in [3.05, 3.63) is 12.3 Å². The van der Waals surface area contributed by atoms with E-state index in [1.54, 1.807) is 0 Å². The van der Waals surface area contributed by atoms with Gasteiger partial charge in [-0.25, -0.2) is 4.79 Å². The van der Waals surface area contributed by atoms with Crippen LogP contribution in [-0.4, -0.2) is 134 Å². The summed E-state index contributed by atoms with van der Waals surface area (Å²) in [6, 6.07) is 0. The van der Waals surface area contributed by atoms with E-state index in [-0.39, 0.29) is 48.8 Å². The molecule has 1 saturated heterocycles. The van der Waals surface area contributed by atoms with Gasteiger partial charge >= 0.3 is 53.6 Å². The molecule has 1 radical (unpaired) electrons. The van der Waals surface area contributed by atoms with Crippen molar-refractivity contribution in [2.24, 2.45) is 0 Å². The Kier molecular flexibility index (Phi) is 16.9. The maximum atomic E-state index is 13.9. The van der Waals surface area contributed by atoms with Crippen LogP contribution in [0.15, 0.2) is 12.3 Å². The van der Waals surface area contributed by atoms with Crippen molar-refractivity contribution >= 4 is 35.5 Å². The predicted molar refractivity (Wildman–Crippen MR) is 132 cm³/mol. The van der Waals surface area contributed by atoms with E-state index in [1.807, 2.05) is 0 Å². The Labute approximate surface area is 293 Å². The number of allylic oxidation sites excluding steroid dienone is 1. The van der Waals surface area contributed by atoms with Crippen LogP contribution in [0, 0.1) is 0 Å². The van der Waals surface area contributed by atoms with Crippen LogP contribution < -0.4 is 0 Å². The molecule has 0 spiro atoms. The van der Waals surface area contributed by atoms with Crippen LogP contribution in [0.1, 0.15) is 57.8 Å². The minimum Gasteiger partial charge on any atom is -0.433 e. The monoisotopic (exact) mass is 787 g/mol. The number of alkyl halides is 17. The van der Waals surface area contributed by atoms with Gasteiger partial charge in [0, 0.05) is 36.0 Å². The summed E-state index contributed by atoms with van der Waals surface area (Å²) in [5.41, 5.74) is 0. The largest absolute Gasteiger partial charge is 0.460 e. The third-order valence-electron chi connectivity index (χ3n) is 7.26. The van der Waals surface area contributed by atoms with Crippen LogP contribution in [0.25, 0.3) is 0 Å². The van der Waals surface area contributed by atoms with Gasteiger partial charge in [0.05, 0.1) is 6.26 Å². The Morgan fingerprint density at radius 1 is 0.620 bits per heavy atom. The Hall–Kier alpha value is -1.18. The molecule has 1 heterocycles. The van der Waals surface area contributed by atoms with Gasteiger partial charge in [0.2, 0.25) is 0 Å². The van der Waals surface area contributed by atoms with E-state index >= 15 is 0 Å². The Morgan fingerprint density at radius 2 is 1.02 bits per heavy atom. The van der Waals surface area contributed by atoms with Crippen LogP contribution in [0.4, 0.5) is 74.6 Å². The summed E-state index contributed by atoms with van der Waals surface area (Å²) in [5.74, 6) is -57.6. The van der Waals surface area contributed by atoms with Crippen LogP contribution in [0.3, 0.4) is 0 Å². The average Bonchev–Trinajstić information content (AvgIpc) is 3.22. The number of esters is 1. The van der Waals surface area contributed by atoms with Gasteiger partial charge in [-0.2, -0.15) is 74.6 Å². The Balaban J connectivity index is 0.0000240. The predicted octanol–water partition coefficient (Wildman–Crippen LogP) is 5.98. The average molecular weight is 787 g/mol. The van der Waals surface area contributed by atoms with Crippen molar-refractivity contribution in [1.82, 2.24) is 0 Å². The van der Waals surface area contributed by atoms with Gasteiger partial charge in [0.1, 0.15) is 18.3 Å². The number of aliphatic hydroxyl groups excluding tert-OH is 4. The molecule has 4 N–H and O–H groups in total. The molecular formula is C25H29F17NaO7. The second-order valence-electron chi connectivity index (χ2n) is 10.9. The maximum Gasteiger partial charge on any atom is 0.460 e. The number of rotatable bonds is 19. The molecule has 25 heteroatoms. The van der Waals surface area contributed by atoms with Gasteiger partial charge in [-0.3, -0.25) is 0 Å². The fourth-order valence-corrected chi connectivity index (χ4v) is 4.18. The second kappa shape index (κ2) is 17.3. The van der Waals surface area contributed by atoms with E-state index in [4.69, 9.17) is 0 Å². The molecule has 0 bridgehead atoms. The van der Waals surface area contributed by atoms with Gasteiger partial charge in [0.25, 0.3) is 0 Å². The Morgan fingerprint density at radius 3 is 1.44 bits per heavy atom. The molecule has 0 aromatic carbocycles. The summed E-state index contributed by atoms with van der Waals surface area (Å²) in [6.45, 7) is 0. The SMILES string of the molecule is O=C(OC=CCCCCCCCCCC(F)(F)C(F)(F)C(F)(F)C(F)(F)C(F)(F)C(F)(F)C(F)(F)C(F)(F)F)[C@@H](O)[C@H]1O[C@@H](O)[C@H](O)[C@H]1O.[Na]. The van der Waals surface area contributed by atoms with Crippen LogP contribution in [0.5, 0.6) is 0 Å². The summed E-state index contributed by atoms with van der Waals surface area (Å²) in [5, 5.41) is 38.0. The molecule has 0 amide bonds. The summed E-state index contributed by atoms with van der Waals surface area (Å²) in [6.07, 6.45) is -17.6. The molecule has 0 aliphatic carbocycles. The topological polar surface area (TPSA) is 116 Å². The van der Waals surface area contributed by atoms with Crippen LogP contribution in [0.2, 0.25) is 0 Å². The van der Waals surface area contributed by atoms with E-state index in [1.165, 1.54) is 6.08 Å². The third kappa shape index (κ3) is 9.48. The summed E-state index contributed by atoms with van der Waals surface area (Å²) >= 11 is 0. The van der Waals surface area contributed by atoms with Crippen LogP contribution >= 0.6 is 0 Å². The number of carbonyl (C=O) groups is 1. The minimum atomic E-state index is -8.64. The number of ether oxygens (including phenoxy) is 2. The summed E-state index contributed by atoms with van der Waals surface area (Å²) in [4.78, 5) is 11.7. The molecule has 0 aromatic rings. The van der Waals surface area contributed by atoms with E-state index in [2.05, 4.69) is 9.47 Å². The molecule has 1 fully saturated rings. The normalized spacial score (nSPS) is 22.5.